The van der Waals surface area contributed by atoms with Gasteiger partial charge in [-0.05, 0) is 58.7 Å². The number of benzene rings is 4. The number of aliphatic imine (C=N–C) groups is 2. The van der Waals surface area contributed by atoms with Crippen molar-refractivity contribution in [3.8, 4) is 28.7 Å². The molecular formula is C44H42N6O8. The second-order valence-electron chi connectivity index (χ2n) is 14.0. The van der Waals surface area contributed by atoms with E-state index in [1.807, 2.05) is 48.8 Å². The SMILES string of the molecule is COc1ccc(C2=CN3C(=O)c4cc(OC)c(OCCCOc5cc6c(cc5OC)C(=O)N5C=C(c7ccc(NC(=O)CN)cc7)CC5C=N6)cc4N=CC3C2)cc1. The lowest BCUT2D eigenvalue weighted by Crippen LogP contribution is -2.32. The van der Waals surface area contributed by atoms with Crippen LogP contribution in [0.15, 0.2) is 95.2 Å². The number of anilines is 1. The lowest BCUT2D eigenvalue weighted by molar-refractivity contribution is -0.114. The Hall–Kier alpha value is -6.93. The van der Waals surface area contributed by atoms with Crippen LogP contribution in [-0.2, 0) is 4.79 Å². The minimum atomic E-state index is -0.270. The summed E-state index contributed by atoms with van der Waals surface area (Å²) >= 11 is 0. The summed E-state index contributed by atoms with van der Waals surface area (Å²) in [7, 11) is 4.69. The predicted molar refractivity (Wildman–Crippen MR) is 220 cm³/mol. The third-order valence-corrected chi connectivity index (χ3v) is 10.4. The molecule has 58 heavy (non-hydrogen) atoms. The summed E-state index contributed by atoms with van der Waals surface area (Å²) in [5, 5.41) is 2.73. The van der Waals surface area contributed by atoms with Crippen molar-refractivity contribution in [3.63, 3.8) is 0 Å². The first kappa shape index (κ1) is 38.0. The van der Waals surface area contributed by atoms with E-state index < -0.39 is 0 Å². The summed E-state index contributed by atoms with van der Waals surface area (Å²) in [5.74, 6) is 1.87. The Morgan fingerprint density at radius 2 is 1.17 bits per heavy atom. The van der Waals surface area contributed by atoms with Crippen LogP contribution in [0.1, 0.15) is 51.1 Å². The summed E-state index contributed by atoms with van der Waals surface area (Å²) in [5.41, 5.74) is 11.8. The highest BCUT2D eigenvalue weighted by atomic mass is 16.5. The first-order chi connectivity index (χ1) is 28.3. The molecule has 2 atom stereocenters. The smallest absolute Gasteiger partial charge is 0.260 e. The zero-order valence-electron chi connectivity index (χ0n) is 32.3. The van der Waals surface area contributed by atoms with Gasteiger partial charge in [0, 0.05) is 61.9 Å². The molecule has 0 fully saturated rings. The van der Waals surface area contributed by atoms with Crippen LogP contribution in [0.5, 0.6) is 28.7 Å². The van der Waals surface area contributed by atoms with Gasteiger partial charge < -0.3 is 44.5 Å². The van der Waals surface area contributed by atoms with E-state index >= 15 is 0 Å². The van der Waals surface area contributed by atoms with Crippen molar-refractivity contribution in [2.45, 2.75) is 31.3 Å². The van der Waals surface area contributed by atoms with Crippen molar-refractivity contribution >= 4 is 58.4 Å². The number of carbonyl (C=O) groups excluding carboxylic acids is 3. The number of nitrogens with two attached hydrogens (primary N) is 1. The van der Waals surface area contributed by atoms with Gasteiger partial charge in [0.05, 0.1) is 75.7 Å². The Labute approximate surface area is 335 Å². The van der Waals surface area contributed by atoms with Gasteiger partial charge in [0.15, 0.2) is 23.0 Å². The van der Waals surface area contributed by atoms with E-state index in [9.17, 15) is 14.4 Å². The highest BCUT2D eigenvalue weighted by Crippen LogP contribution is 2.42. The molecular weight excluding hydrogens is 741 g/mol. The maximum atomic E-state index is 13.8. The molecule has 2 unspecified atom stereocenters. The fourth-order valence-electron chi connectivity index (χ4n) is 7.35. The fourth-order valence-corrected chi connectivity index (χ4v) is 7.35. The van der Waals surface area contributed by atoms with Gasteiger partial charge >= 0.3 is 0 Å². The van der Waals surface area contributed by atoms with E-state index in [1.165, 1.54) is 14.2 Å². The molecule has 14 heteroatoms. The van der Waals surface area contributed by atoms with Gasteiger partial charge in [-0.25, -0.2) is 0 Å². The highest BCUT2D eigenvalue weighted by Gasteiger charge is 2.35. The lowest BCUT2D eigenvalue weighted by Gasteiger charge is -2.19. The molecule has 3 N–H and O–H groups in total. The topological polar surface area (TPSA) is 167 Å². The van der Waals surface area contributed by atoms with Crippen molar-refractivity contribution in [2.75, 3.05) is 46.4 Å². The van der Waals surface area contributed by atoms with Gasteiger partial charge in [-0.3, -0.25) is 24.4 Å². The van der Waals surface area contributed by atoms with Gasteiger partial charge in [0.25, 0.3) is 11.8 Å². The Bertz CT molecular complexity index is 2390. The van der Waals surface area contributed by atoms with Crippen LogP contribution in [0.25, 0.3) is 11.1 Å². The van der Waals surface area contributed by atoms with Crippen LogP contribution in [0.2, 0.25) is 0 Å². The van der Waals surface area contributed by atoms with Gasteiger partial charge in [0.2, 0.25) is 5.91 Å². The quantitative estimate of drug-likeness (QED) is 0.146. The molecule has 4 aromatic rings. The number of nitrogens with one attached hydrogen (secondary N) is 1. The summed E-state index contributed by atoms with van der Waals surface area (Å²) in [6.45, 7) is 0.475. The van der Waals surface area contributed by atoms with Gasteiger partial charge in [-0.15, -0.1) is 0 Å². The van der Waals surface area contributed by atoms with E-state index in [2.05, 4.69) is 5.32 Å². The van der Waals surface area contributed by atoms with Crippen molar-refractivity contribution in [1.29, 1.82) is 0 Å². The monoisotopic (exact) mass is 782 g/mol. The van der Waals surface area contributed by atoms with Crippen LogP contribution in [0.3, 0.4) is 0 Å². The summed E-state index contributed by atoms with van der Waals surface area (Å²) in [4.78, 5) is 52.0. The molecule has 0 radical (unpaired) electrons. The molecule has 0 spiro atoms. The molecule has 0 saturated heterocycles. The minimum Gasteiger partial charge on any atom is -0.497 e. The maximum absolute atomic E-state index is 13.8. The fraction of sp³-hybridized carbons (Fsp3) is 0.250. The van der Waals surface area contributed by atoms with Crippen molar-refractivity contribution in [2.24, 2.45) is 15.7 Å². The number of rotatable bonds is 13. The van der Waals surface area contributed by atoms with Crippen molar-refractivity contribution in [3.05, 3.63) is 107 Å². The molecule has 0 aromatic heterocycles. The second-order valence-corrected chi connectivity index (χ2v) is 14.0. The first-order valence-corrected chi connectivity index (χ1v) is 18.9. The Morgan fingerprint density at radius 3 is 1.62 bits per heavy atom. The van der Waals surface area contributed by atoms with Gasteiger partial charge in [-0.2, -0.15) is 0 Å². The third kappa shape index (κ3) is 7.49. The van der Waals surface area contributed by atoms with E-state index in [-0.39, 0.29) is 49.6 Å². The van der Waals surface area contributed by atoms with E-state index in [4.69, 9.17) is 39.4 Å². The average molecular weight is 783 g/mol. The zero-order valence-corrected chi connectivity index (χ0v) is 32.3. The normalized spacial score (nSPS) is 17.6. The number of hydrogen-bond acceptors (Lipinski definition) is 11. The van der Waals surface area contributed by atoms with E-state index in [0.717, 1.165) is 28.0 Å². The zero-order chi connectivity index (χ0) is 40.3. The van der Waals surface area contributed by atoms with Crippen LogP contribution in [-0.4, -0.2) is 93.1 Å². The number of fused-ring (bicyclic) bond motifs is 4. The predicted octanol–water partition coefficient (Wildman–Crippen LogP) is 6.40. The molecule has 8 rings (SSSR count). The Morgan fingerprint density at radius 1 is 0.690 bits per heavy atom. The summed E-state index contributed by atoms with van der Waals surface area (Å²) < 4.78 is 28.8. The molecule has 14 nitrogen and oxygen atoms in total. The highest BCUT2D eigenvalue weighted by molar-refractivity contribution is 6.06. The van der Waals surface area contributed by atoms with Crippen LogP contribution >= 0.6 is 0 Å². The lowest BCUT2D eigenvalue weighted by atomic mass is 10.0. The number of nitrogens with zero attached hydrogens (tertiary/aromatic N) is 4. The molecule has 4 aliphatic rings. The molecule has 4 aromatic carbocycles. The third-order valence-electron chi connectivity index (χ3n) is 10.4. The molecule has 0 saturated carbocycles. The summed E-state index contributed by atoms with van der Waals surface area (Å²) in [6, 6.07) is 21.5. The first-order valence-electron chi connectivity index (χ1n) is 18.9. The minimum absolute atomic E-state index is 0.0955. The van der Waals surface area contributed by atoms with Crippen molar-refractivity contribution in [1.82, 2.24) is 9.80 Å². The van der Waals surface area contributed by atoms with E-state index in [0.29, 0.717) is 70.4 Å². The van der Waals surface area contributed by atoms with E-state index in [1.54, 1.807) is 65.7 Å². The maximum Gasteiger partial charge on any atom is 0.260 e. The Kier molecular flexibility index (Phi) is 10.7. The molecule has 0 bridgehead atoms. The molecule has 4 aliphatic heterocycles. The number of hydrogen-bond donors (Lipinski definition) is 2. The number of ether oxygens (including phenoxy) is 5. The molecule has 4 heterocycles. The number of amides is 3. The Balaban J connectivity index is 0.894. The largest absolute Gasteiger partial charge is 0.497 e. The number of methoxy groups -OCH3 is 3. The second kappa shape index (κ2) is 16.3. The van der Waals surface area contributed by atoms with Crippen LogP contribution in [0, 0.1) is 0 Å². The molecule has 0 aliphatic carbocycles. The average Bonchev–Trinajstić information content (AvgIpc) is 3.83. The molecule has 296 valence electrons. The van der Waals surface area contributed by atoms with Crippen LogP contribution < -0.4 is 34.7 Å². The van der Waals surface area contributed by atoms with Crippen molar-refractivity contribution < 1.29 is 38.1 Å². The standard InChI is InChI=1S/C44H42N6O8/c1-54-33-11-7-27(8-12-33)29-16-32-23-47-37-20-41(39(56-3)18-35(37)44(53)50(32)25-29)58-14-4-13-57-40-19-36-34(17-38(40)55-2)43(52)49-24-28(15-31(49)22-46-36)26-5-9-30(10-6-26)48-42(51)21-45/h5-12,17-20,22-25,31-32H,4,13-16,21,45H2,1-3H3,(H,48,51). The molecule has 3 amide bonds. The summed E-state index contributed by atoms with van der Waals surface area (Å²) in [6.07, 6.45) is 9.05. The van der Waals surface area contributed by atoms with Crippen LogP contribution in [0.4, 0.5) is 17.1 Å². The van der Waals surface area contributed by atoms with Gasteiger partial charge in [-0.1, -0.05) is 24.3 Å². The van der Waals surface area contributed by atoms with Gasteiger partial charge in [0.1, 0.15) is 5.75 Å². The number of carbonyl (C=O) groups is 3.